The van der Waals surface area contributed by atoms with Crippen molar-refractivity contribution in [1.82, 2.24) is 4.90 Å². The van der Waals surface area contributed by atoms with Crippen LogP contribution in [0, 0.1) is 11.3 Å². The second-order valence-corrected chi connectivity index (χ2v) is 2.84. The highest BCUT2D eigenvalue weighted by atomic mass is 16.7. The number of rotatable bonds is 4. The van der Waals surface area contributed by atoms with E-state index in [2.05, 4.69) is 6.07 Å². The fourth-order valence-electron chi connectivity index (χ4n) is 1.10. The van der Waals surface area contributed by atoms with Crippen molar-refractivity contribution in [2.24, 2.45) is 0 Å². The number of nitriles is 1. The van der Waals surface area contributed by atoms with E-state index in [-0.39, 0.29) is 6.29 Å². The van der Waals surface area contributed by atoms with Crippen molar-refractivity contribution in [3.8, 4) is 6.07 Å². The molecule has 4 nitrogen and oxygen atoms in total. The van der Waals surface area contributed by atoms with Gasteiger partial charge < -0.3 is 14.4 Å². The smallest absolute Gasteiger partial charge is 0.170 e. The average Bonchev–Trinajstić information content (AvgIpc) is 2.53. The standard InChI is InChI=1S/C8H14N2O2/c1-10(4-2-3-9)7-8-11-5-6-12-8/h8H,2,4-7H2,1H3. The minimum absolute atomic E-state index is 0.0892. The Morgan fingerprint density at radius 1 is 1.50 bits per heavy atom. The summed E-state index contributed by atoms with van der Waals surface area (Å²) in [5.74, 6) is 0. The summed E-state index contributed by atoms with van der Waals surface area (Å²) in [5.41, 5.74) is 0. The van der Waals surface area contributed by atoms with Crippen molar-refractivity contribution < 1.29 is 9.47 Å². The van der Waals surface area contributed by atoms with E-state index < -0.39 is 0 Å². The van der Waals surface area contributed by atoms with Crippen molar-refractivity contribution in [3.05, 3.63) is 0 Å². The molecule has 0 N–H and O–H groups in total. The van der Waals surface area contributed by atoms with Gasteiger partial charge in [-0.25, -0.2) is 0 Å². The molecule has 1 heterocycles. The fraction of sp³-hybridized carbons (Fsp3) is 0.875. The summed E-state index contributed by atoms with van der Waals surface area (Å²) >= 11 is 0. The van der Waals surface area contributed by atoms with Crippen LogP contribution in [0.15, 0.2) is 0 Å². The molecule has 0 bridgehead atoms. The van der Waals surface area contributed by atoms with Crippen LogP contribution in [0.5, 0.6) is 0 Å². The Morgan fingerprint density at radius 2 is 2.17 bits per heavy atom. The molecule has 0 aliphatic carbocycles. The van der Waals surface area contributed by atoms with Gasteiger partial charge in [-0.15, -0.1) is 0 Å². The molecule has 1 saturated heterocycles. The summed E-state index contributed by atoms with van der Waals surface area (Å²) in [6, 6.07) is 2.10. The molecule has 0 radical (unpaired) electrons. The molecule has 0 aromatic heterocycles. The first-order chi connectivity index (χ1) is 5.83. The largest absolute Gasteiger partial charge is 0.349 e. The highest BCUT2D eigenvalue weighted by Gasteiger charge is 2.17. The van der Waals surface area contributed by atoms with E-state index in [1.165, 1.54) is 0 Å². The van der Waals surface area contributed by atoms with Crippen LogP contribution in [0.4, 0.5) is 0 Å². The zero-order valence-corrected chi connectivity index (χ0v) is 7.32. The van der Waals surface area contributed by atoms with E-state index in [0.717, 1.165) is 13.1 Å². The van der Waals surface area contributed by atoms with Gasteiger partial charge >= 0.3 is 0 Å². The van der Waals surface area contributed by atoms with Crippen LogP contribution in [0.1, 0.15) is 6.42 Å². The highest BCUT2D eigenvalue weighted by Crippen LogP contribution is 2.04. The molecular formula is C8H14N2O2. The van der Waals surface area contributed by atoms with E-state index in [1.54, 1.807) is 0 Å². The molecule has 0 amide bonds. The minimum atomic E-state index is -0.0892. The SMILES string of the molecule is CN(CCC#N)CC1OCCO1. The molecule has 4 heteroatoms. The van der Waals surface area contributed by atoms with Crippen molar-refractivity contribution in [2.45, 2.75) is 12.7 Å². The molecule has 68 valence electrons. The van der Waals surface area contributed by atoms with Crippen molar-refractivity contribution in [2.75, 3.05) is 33.4 Å². The lowest BCUT2D eigenvalue weighted by Crippen LogP contribution is -2.30. The zero-order valence-electron chi connectivity index (χ0n) is 7.32. The lowest BCUT2D eigenvalue weighted by molar-refractivity contribution is -0.0578. The molecule has 1 aliphatic rings. The van der Waals surface area contributed by atoms with Crippen LogP contribution in [-0.4, -0.2) is 44.5 Å². The van der Waals surface area contributed by atoms with Crippen LogP contribution in [0.2, 0.25) is 0 Å². The summed E-state index contributed by atoms with van der Waals surface area (Å²) in [5, 5.41) is 8.34. The third-order valence-corrected chi connectivity index (χ3v) is 1.76. The predicted octanol–water partition coefficient (Wildman–Crippen LogP) is 0.205. The Morgan fingerprint density at radius 3 is 2.75 bits per heavy atom. The summed E-state index contributed by atoms with van der Waals surface area (Å²) in [6.45, 7) is 2.91. The number of nitrogens with zero attached hydrogens (tertiary/aromatic N) is 2. The molecule has 0 aromatic rings. The van der Waals surface area contributed by atoms with Gasteiger partial charge in [-0.1, -0.05) is 0 Å². The van der Waals surface area contributed by atoms with Gasteiger partial charge in [0.25, 0.3) is 0 Å². The van der Waals surface area contributed by atoms with Gasteiger partial charge in [0.15, 0.2) is 6.29 Å². The molecule has 0 atom stereocenters. The van der Waals surface area contributed by atoms with Crippen LogP contribution < -0.4 is 0 Å². The van der Waals surface area contributed by atoms with Crippen molar-refractivity contribution in [3.63, 3.8) is 0 Å². The lowest BCUT2D eigenvalue weighted by atomic mass is 10.4. The molecule has 1 fully saturated rings. The van der Waals surface area contributed by atoms with Gasteiger partial charge in [0, 0.05) is 19.5 Å². The Kier molecular flexibility index (Phi) is 4.01. The summed E-state index contributed by atoms with van der Waals surface area (Å²) < 4.78 is 10.5. The normalized spacial score (nSPS) is 18.4. The van der Waals surface area contributed by atoms with Crippen LogP contribution >= 0.6 is 0 Å². The Balaban J connectivity index is 2.08. The zero-order chi connectivity index (χ0) is 8.81. The first-order valence-electron chi connectivity index (χ1n) is 4.11. The van der Waals surface area contributed by atoms with E-state index in [0.29, 0.717) is 19.6 Å². The van der Waals surface area contributed by atoms with Gasteiger partial charge in [-0.2, -0.15) is 5.26 Å². The molecule has 0 aromatic carbocycles. The molecule has 0 unspecified atom stereocenters. The van der Waals surface area contributed by atoms with Gasteiger partial charge in [-0.05, 0) is 7.05 Å². The maximum atomic E-state index is 8.34. The Hall–Kier alpha value is -0.630. The van der Waals surface area contributed by atoms with Crippen LogP contribution in [0.3, 0.4) is 0 Å². The lowest BCUT2D eigenvalue weighted by Gasteiger charge is -2.18. The molecule has 0 spiro atoms. The second-order valence-electron chi connectivity index (χ2n) is 2.84. The van der Waals surface area contributed by atoms with Gasteiger partial charge in [0.2, 0.25) is 0 Å². The summed E-state index contributed by atoms with van der Waals surface area (Å²) in [6.07, 6.45) is 0.470. The Bertz CT molecular complexity index is 161. The second kappa shape index (κ2) is 5.09. The first-order valence-corrected chi connectivity index (χ1v) is 4.11. The molecule has 0 saturated carbocycles. The van der Waals surface area contributed by atoms with Gasteiger partial charge in [0.1, 0.15) is 0 Å². The number of hydrogen-bond donors (Lipinski definition) is 0. The topological polar surface area (TPSA) is 45.5 Å². The maximum absolute atomic E-state index is 8.34. The van der Waals surface area contributed by atoms with Crippen molar-refractivity contribution in [1.29, 1.82) is 5.26 Å². The van der Waals surface area contributed by atoms with Gasteiger partial charge in [0.05, 0.1) is 19.3 Å². The van der Waals surface area contributed by atoms with E-state index in [4.69, 9.17) is 14.7 Å². The maximum Gasteiger partial charge on any atom is 0.170 e. The third kappa shape index (κ3) is 3.18. The summed E-state index contributed by atoms with van der Waals surface area (Å²) in [4.78, 5) is 2.04. The van der Waals surface area contributed by atoms with E-state index in [1.807, 2.05) is 11.9 Å². The highest BCUT2D eigenvalue weighted by molar-refractivity contribution is 4.71. The minimum Gasteiger partial charge on any atom is -0.349 e. The fourth-order valence-corrected chi connectivity index (χ4v) is 1.10. The van der Waals surface area contributed by atoms with Crippen molar-refractivity contribution >= 4 is 0 Å². The first kappa shape index (κ1) is 9.46. The summed E-state index contributed by atoms with van der Waals surface area (Å²) in [7, 11) is 1.96. The monoisotopic (exact) mass is 170 g/mol. The number of ether oxygens (including phenoxy) is 2. The predicted molar refractivity (Wildman–Crippen MR) is 43.4 cm³/mol. The third-order valence-electron chi connectivity index (χ3n) is 1.76. The number of hydrogen-bond acceptors (Lipinski definition) is 4. The van der Waals surface area contributed by atoms with Crippen LogP contribution in [0.25, 0.3) is 0 Å². The molecule has 1 aliphatic heterocycles. The Labute approximate surface area is 72.7 Å². The molecular weight excluding hydrogens is 156 g/mol. The van der Waals surface area contributed by atoms with E-state index >= 15 is 0 Å². The quantitative estimate of drug-likeness (QED) is 0.605. The molecule has 1 rings (SSSR count). The van der Waals surface area contributed by atoms with Crippen LogP contribution in [-0.2, 0) is 9.47 Å². The average molecular weight is 170 g/mol. The number of likely N-dealkylation sites (N-methyl/N-ethyl adjacent to an activating group) is 1. The molecule has 12 heavy (non-hydrogen) atoms. The van der Waals surface area contributed by atoms with Gasteiger partial charge in [-0.3, -0.25) is 0 Å². The van der Waals surface area contributed by atoms with E-state index in [9.17, 15) is 0 Å².